The summed E-state index contributed by atoms with van der Waals surface area (Å²) in [6.07, 6.45) is 0. The lowest BCUT2D eigenvalue weighted by atomic mass is 10.2. The maximum atomic E-state index is 12.4. The van der Waals surface area contributed by atoms with Gasteiger partial charge in [-0.05, 0) is 24.3 Å². The van der Waals surface area contributed by atoms with Crippen LogP contribution in [0.1, 0.15) is 10.5 Å². The summed E-state index contributed by atoms with van der Waals surface area (Å²) < 4.78 is 13.7. The van der Waals surface area contributed by atoms with E-state index in [1.807, 2.05) is 12.1 Å². The second kappa shape index (κ2) is 6.46. The molecule has 3 heterocycles. The average Bonchev–Trinajstić information content (AvgIpc) is 3.12. The first-order valence-electron chi connectivity index (χ1n) is 7.50. The molecule has 1 aliphatic heterocycles. The maximum absolute atomic E-state index is 12.4. The second-order valence-electron chi connectivity index (χ2n) is 5.27. The molecule has 1 fully saturated rings. The summed E-state index contributed by atoms with van der Waals surface area (Å²) in [4.78, 5) is 14.5. The highest BCUT2D eigenvalue weighted by Crippen LogP contribution is 2.21. The summed E-state index contributed by atoms with van der Waals surface area (Å²) in [5.74, 6) is 0.428. The number of fused-ring (bicyclic) bond motifs is 1. The average molecular weight is 342 g/mol. The normalized spacial score (nSPS) is 14.8. The van der Waals surface area contributed by atoms with E-state index in [1.54, 1.807) is 18.2 Å². The third-order valence-corrected chi connectivity index (χ3v) is 4.29. The van der Waals surface area contributed by atoms with Crippen LogP contribution >= 0.6 is 11.7 Å². The van der Waals surface area contributed by atoms with E-state index >= 15 is 0 Å². The third kappa shape index (κ3) is 2.91. The molecule has 2 aromatic heterocycles. The number of carbonyl (C=O) groups excluding carboxylic acids is 1. The lowest BCUT2D eigenvalue weighted by Crippen LogP contribution is -2.37. The Hall–Kier alpha value is -2.65. The van der Waals surface area contributed by atoms with Crippen molar-refractivity contribution in [3.8, 4) is 0 Å². The monoisotopic (exact) mass is 342 g/mol. The molecule has 9 heteroatoms. The van der Waals surface area contributed by atoms with Gasteiger partial charge in [0.25, 0.3) is 5.91 Å². The van der Waals surface area contributed by atoms with Crippen molar-refractivity contribution in [1.82, 2.24) is 18.9 Å². The highest BCUT2D eigenvalue weighted by Gasteiger charge is 2.15. The summed E-state index contributed by atoms with van der Waals surface area (Å²) in [5, 5.41) is 11.0. The zero-order valence-electron chi connectivity index (χ0n) is 12.7. The molecule has 1 saturated heterocycles. The fraction of sp³-hybridized carbons (Fsp3) is 0.267. The van der Waals surface area contributed by atoms with Gasteiger partial charge in [-0.15, -0.1) is 10.2 Å². The van der Waals surface area contributed by atoms with Gasteiger partial charge >= 0.3 is 0 Å². The molecule has 0 radical (unpaired) electrons. The summed E-state index contributed by atoms with van der Waals surface area (Å²) in [7, 11) is 0. The van der Waals surface area contributed by atoms with Crippen molar-refractivity contribution in [1.29, 1.82) is 0 Å². The van der Waals surface area contributed by atoms with Gasteiger partial charge in [0.2, 0.25) is 0 Å². The smallest absolute Gasteiger partial charge is 0.276 e. The minimum absolute atomic E-state index is 0.257. The zero-order valence-corrected chi connectivity index (χ0v) is 13.5. The quantitative estimate of drug-likeness (QED) is 0.772. The molecular formula is C15H14N6O2S. The zero-order chi connectivity index (χ0) is 16.4. The summed E-state index contributed by atoms with van der Waals surface area (Å²) in [6, 6.07) is 8.94. The molecule has 0 unspecified atom stereocenters. The Bertz CT molecular complexity index is 860. The number of amides is 1. The van der Waals surface area contributed by atoms with Crippen LogP contribution < -0.4 is 10.2 Å². The van der Waals surface area contributed by atoms with E-state index < -0.39 is 0 Å². The fourth-order valence-corrected chi connectivity index (χ4v) is 3.05. The number of morpholine rings is 1. The lowest BCUT2D eigenvalue weighted by Gasteiger charge is -2.27. The van der Waals surface area contributed by atoms with Crippen molar-refractivity contribution in [2.24, 2.45) is 0 Å². The van der Waals surface area contributed by atoms with Gasteiger partial charge in [0.05, 0.1) is 30.6 Å². The summed E-state index contributed by atoms with van der Waals surface area (Å²) >= 11 is 1.11. The van der Waals surface area contributed by atoms with Crippen LogP contribution in [0, 0.1) is 0 Å². The van der Waals surface area contributed by atoms with Crippen LogP contribution in [-0.4, -0.2) is 51.2 Å². The van der Waals surface area contributed by atoms with Gasteiger partial charge in [0, 0.05) is 13.1 Å². The van der Waals surface area contributed by atoms with Crippen LogP contribution in [0.4, 0.5) is 11.5 Å². The minimum Gasteiger partial charge on any atom is -0.378 e. The SMILES string of the molecule is O=C(Nc1cccc2nsnc12)c1ccc(N2CCOCC2)nn1. The molecule has 1 amide bonds. The Morgan fingerprint density at radius 1 is 1.12 bits per heavy atom. The number of nitrogens with one attached hydrogen (secondary N) is 1. The number of aromatic nitrogens is 4. The lowest BCUT2D eigenvalue weighted by molar-refractivity contribution is 0.102. The minimum atomic E-state index is -0.323. The molecule has 122 valence electrons. The predicted molar refractivity (Wildman–Crippen MR) is 90.4 cm³/mol. The maximum Gasteiger partial charge on any atom is 0.276 e. The number of hydrogen-bond donors (Lipinski definition) is 1. The van der Waals surface area contributed by atoms with E-state index in [0.717, 1.165) is 36.2 Å². The second-order valence-corrected chi connectivity index (χ2v) is 5.80. The summed E-state index contributed by atoms with van der Waals surface area (Å²) in [6.45, 7) is 2.91. The van der Waals surface area contributed by atoms with E-state index in [0.29, 0.717) is 24.4 Å². The van der Waals surface area contributed by atoms with Crippen LogP contribution in [-0.2, 0) is 4.74 Å². The number of benzene rings is 1. The van der Waals surface area contributed by atoms with Crippen LogP contribution in [0.25, 0.3) is 11.0 Å². The Morgan fingerprint density at radius 3 is 2.79 bits per heavy atom. The molecule has 0 atom stereocenters. The van der Waals surface area contributed by atoms with Gasteiger partial charge in [0.15, 0.2) is 11.5 Å². The number of nitrogens with zero attached hydrogens (tertiary/aromatic N) is 5. The van der Waals surface area contributed by atoms with Gasteiger partial charge < -0.3 is 15.0 Å². The van der Waals surface area contributed by atoms with Gasteiger partial charge in [-0.25, -0.2) is 0 Å². The molecular weight excluding hydrogens is 328 g/mol. The first-order valence-corrected chi connectivity index (χ1v) is 8.23. The van der Waals surface area contributed by atoms with Crippen molar-refractivity contribution in [3.05, 3.63) is 36.0 Å². The van der Waals surface area contributed by atoms with E-state index in [-0.39, 0.29) is 11.6 Å². The molecule has 1 aromatic carbocycles. The van der Waals surface area contributed by atoms with E-state index in [9.17, 15) is 4.79 Å². The van der Waals surface area contributed by atoms with Crippen molar-refractivity contribution >= 4 is 40.2 Å². The molecule has 1 aliphatic rings. The molecule has 0 spiro atoms. The number of rotatable bonds is 3. The summed E-state index contributed by atoms with van der Waals surface area (Å²) in [5.41, 5.74) is 2.30. The van der Waals surface area contributed by atoms with Gasteiger partial charge in [-0.1, -0.05) is 6.07 Å². The predicted octanol–water partition coefficient (Wildman–Crippen LogP) is 1.57. The van der Waals surface area contributed by atoms with Crippen molar-refractivity contribution in [3.63, 3.8) is 0 Å². The van der Waals surface area contributed by atoms with Crippen LogP contribution in [0.5, 0.6) is 0 Å². The standard InChI is InChI=1S/C15H14N6O2S/c22-15(16-10-2-1-3-11-14(10)20-24-19-11)12-4-5-13(18-17-12)21-6-8-23-9-7-21/h1-5H,6-9H2,(H,16,22). The Morgan fingerprint density at radius 2 is 2.00 bits per heavy atom. The van der Waals surface area contributed by atoms with Crippen LogP contribution in [0.15, 0.2) is 30.3 Å². The van der Waals surface area contributed by atoms with Crippen LogP contribution in [0.3, 0.4) is 0 Å². The third-order valence-electron chi connectivity index (χ3n) is 3.75. The van der Waals surface area contributed by atoms with Gasteiger partial charge in [0.1, 0.15) is 11.0 Å². The van der Waals surface area contributed by atoms with E-state index in [4.69, 9.17) is 4.74 Å². The molecule has 4 rings (SSSR count). The molecule has 1 N–H and O–H groups in total. The molecule has 24 heavy (non-hydrogen) atoms. The largest absolute Gasteiger partial charge is 0.378 e. The first kappa shape index (κ1) is 14.9. The Labute approximate surface area is 141 Å². The van der Waals surface area contributed by atoms with Crippen molar-refractivity contribution < 1.29 is 9.53 Å². The fourth-order valence-electron chi connectivity index (χ4n) is 2.50. The van der Waals surface area contributed by atoms with E-state index in [1.165, 1.54) is 0 Å². The van der Waals surface area contributed by atoms with Gasteiger partial charge in [-0.3, -0.25) is 4.79 Å². The highest BCUT2D eigenvalue weighted by molar-refractivity contribution is 7.00. The molecule has 3 aromatic rings. The molecule has 0 aliphatic carbocycles. The van der Waals surface area contributed by atoms with Crippen molar-refractivity contribution in [2.45, 2.75) is 0 Å². The number of hydrogen-bond acceptors (Lipinski definition) is 8. The van der Waals surface area contributed by atoms with Crippen LogP contribution in [0.2, 0.25) is 0 Å². The number of ether oxygens (including phenoxy) is 1. The highest BCUT2D eigenvalue weighted by atomic mass is 32.1. The molecule has 0 bridgehead atoms. The number of anilines is 2. The van der Waals surface area contributed by atoms with Gasteiger partial charge in [-0.2, -0.15) is 8.75 Å². The Kier molecular flexibility index (Phi) is 4.01. The molecule has 0 saturated carbocycles. The first-order chi connectivity index (χ1) is 11.8. The Balaban J connectivity index is 1.51. The number of carbonyl (C=O) groups is 1. The van der Waals surface area contributed by atoms with Crippen molar-refractivity contribution in [2.75, 3.05) is 36.5 Å². The molecule has 8 nitrogen and oxygen atoms in total. The van der Waals surface area contributed by atoms with E-state index in [2.05, 4.69) is 29.2 Å². The topological polar surface area (TPSA) is 93.1 Å².